The number of aliphatic carboxylic acids is 1. The Morgan fingerprint density at radius 3 is 2.00 bits per heavy atom. The van der Waals surface area contributed by atoms with Gasteiger partial charge >= 0.3 is 5.97 Å². The highest BCUT2D eigenvalue weighted by Crippen LogP contribution is 2.23. The van der Waals surface area contributed by atoms with Gasteiger partial charge in [0.15, 0.2) is 0 Å². The summed E-state index contributed by atoms with van der Waals surface area (Å²) in [5, 5.41) is 8.73. The maximum Gasteiger partial charge on any atom is 0.307 e. The maximum absolute atomic E-state index is 10.6. The Balaban J connectivity index is 2.93. The van der Waals surface area contributed by atoms with Crippen LogP contribution >= 0.6 is 0 Å². The van der Waals surface area contributed by atoms with Gasteiger partial charge in [-0.25, -0.2) is 0 Å². The first-order chi connectivity index (χ1) is 7.65. The molecule has 0 aliphatic rings. The Morgan fingerprint density at radius 2 is 1.62 bits per heavy atom. The monoisotopic (exact) mass is 224 g/mol. The lowest BCUT2D eigenvalue weighted by molar-refractivity contribution is -0.136. The van der Waals surface area contributed by atoms with Gasteiger partial charge < -0.3 is 14.6 Å². The highest BCUT2D eigenvalue weighted by molar-refractivity contribution is 5.70. The van der Waals surface area contributed by atoms with Crippen LogP contribution in [0.15, 0.2) is 18.2 Å². The molecule has 1 aromatic rings. The highest BCUT2D eigenvalue weighted by Gasteiger charge is 2.06. The topological polar surface area (TPSA) is 55.8 Å². The van der Waals surface area contributed by atoms with E-state index in [9.17, 15) is 4.79 Å². The predicted octanol–water partition coefficient (Wildman–Crippen LogP) is 2.11. The van der Waals surface area contributed by atoms with Crippen LogP contribution in [0.4, 0.5) is 0 Å². The summed E-state index contributed by atoms with van der Waals surface area (Å²) in [4.78, 5) is 10.6. The molecule has 16 heavy (non-hydrogen) atoms. The van der Waals surface area contributed by atoms with Crippen LogP contribution in [0.5, 0.6) is 11.5 Å². The fraction of sp³-hybridized carbons (Fsp3) is 0.417. The van der Waals surface area contributed by atoms with E-state index in [1.807, 2.05) is 13.8 Å². The van der Waals surface area contributed by atoms with Crippen LogP contribution < -0.4 is 9.47 Å². The van der Waals surface area contributed by atoms with Gasteiger partial charge in [-0.3, -0.25) is 4.79 Å². The number of hydrogen-bond donors (Lipinski definition) is 1. The van der Waals surface area contributed by atoms with Crippen LogP contribution in [0.1, 0.15) is 19.4 Å². The van der Waals surface area contributed by atoms with Crippen LogP contribution in [0.2, 0.25) is 0 Å². The molecule has 0 amide bonds. The standard InChI is InChI=1S/C12H16O4/c1-3-15-10-5-9(7-12(13)14)6-11(8-10)16-4-2/h5-6,8H,3-4,7H2,1-2H3,(H,13,14). The lowest BCUT2D eigenvalue weighted by Gasteiger charge is -2.09. The van der Waals surface area contributed by atoms with Crippen molar-refractivity contribution < 1.29 is 19.4 Å². The number of benzene rings is 1. The average Bonchev–Trinajstić information content (AvgIpc) is 2.17. The van der Waals surface area contributed by atoms with E-state index in [0.717, 1.165) is 0 Å². The molecule has 4 nitrogen and oxygen atoms in total. The van der Waals surface area contributed by atoms with Crippen molar-refractivity contribution in [2.24, 2.45) is 0 Å². The van der Waals surface area contributed by atoms with Crippen molar-refractivity contribution in [2.45, 2.75) is 20.3 Å². The van der Waals surface area contributed by atoms with Crippen molar-refractivity contribution in [1.82, 2.24) is 0 Å². The van der Waals surface area contributed by atoms with Crippen LogP contribution in [0.25, 0.3) is 0 Å². The molecule has 0 bridgehead atoms. The fourth-order valence-electron chi connectivity index (χ4n) is 1.41. The largest absolute Gasteiger partial charge is 0.494 e. The zero-order valence-corrected chi connectivity index (χ0v) is 9.53. The molecule has 0 atom stereocenters. The molecule has 0 aliphatic carbocycles. The van der Waals surface area contributed by atoms with Crippen molar-refractivity contribution in [1.29, 1.82) is 0 Å². The summed E-state index contributed by atoms with van der Waals surface area (Å²) >= 11 is 0. The van der Waals surface area contributed by atoms with E-state index in [2.05, 4.69) is 0 Å². The van der Waals surface area contributed by atoms with Gasteiger partial charge in [0.2, 0.25) is 0 Å². The minimum Gasteiger partial charge on any atom is -0.494 e. The second-order valence-corrected chi connectivity index (χ2v) is 3.25. The van der Waals surface area contributed by atoms with E-state index < -0.39 is 5.97 Å². The van der Waals surface area contributed by atoms with Gasteiger partial charge in [-0.2, -0.15) is 0 Å². The molecule has 1 N–H and O–H groups in total. The third-order valence-electron chi connectivity index (χ3n) is 1.92. The van der Waals surface area contributed by atoms with Gasteiger partial charge in [0.1, 0.15) is 11.5 Å². The van der Waals surface area contributed by atoms with Crippen molar-refractivity contribution in [3.63, 3.8) is 0 Å². The normalized spacial score (nSPS) is 9.88. The van der Waals surface area contributed by atoms with Crippen molar-refractivity contribution in [2.75, 3.05) is 13.2 Å². The molecular formula is C12H16O4. The van der Waals surface area contributed by atoms with E-state index in [4.69, 9.17) is 14.6 Å². The summed E-state index contributed by atoms with van der Waals surface area (Å²) in [6, 6.07) is 5.21. The summed E-state index contributed by atoms with van der Waals surface area (Å²) in [6.45, 7) is 4.85. The molecule has 88 valence electrons. The fourth-order valence-corrected chi connectivity index (χ4v) is 1.41. The molecule has 0 saturated heterocycles. The Hall–Kier alpha value is -1.71. The molecule has 0 saturated carbocycles. The number of carboxylic acids is 1. The summed E-state index contributed by atoms with van der Waals surface area (Å²) in [7, 11) is 0. The summed E-state index contributed by atoms with van der Waals surface area (Å²) < 4.78 is 10.7. The van der Waals surface area contributed by atoms with E-state index in [0.29, 0.717) is 30.3 Å². The summed E-state index contributed by atoms with van der Waals surface area (Å²) in [6.07, 6.45) is -0.0268. The first kappa shape index (κ1) is 12.4. The van der Waals surface area contributed by atoms with E-state index in [1.165, 1.54) is 0 Å². The maximum atomic E-state index is 10.6. The number of hydrogen-bond acceptors (Lipinski definition) is 3. The van der Waals surface area contributed by atoms with E-state index >= 15 is 0 Å². The van der Waals surface area contributed by atoms with Gasteiger partial charge in [-0.15, -0.1) is 0 Å². The minimum atomic E-state index is -0.865. The van der Waals surface area contributed by atoms with Crippen LogP contribution in [0, 0.1) is 0 Å². The number of ether oxygens (including phenoxy) is 2. The molecule has 1 aromatic carbocycles. The Kier molecular flexibility index (Phi) is 4.64. The molecule has 4 heteroatoms. The van der Waals surface area contributed by atoms with E-state index in [1.54, 1.807) is 18.2 Å². The van der Waals surface area contributed by atoms with Crippen molar-refractivity contribution in [3.05, 3.63) is 23.8 Å². The summed E-state index contributed by atoms with van der Waals surface area (Å²) in [5.41, 5.74) is 0.682. The molecular weight excluding hydrogens is 208 g/mol. The molecule has 0 aliphatic heterocycles. The smallest absolute Gasteiger partial charge is 0.307 e. The van der Waals surface area contributed by atoms with Gasteiger partial charge in [0, 0.05) is 6.07 Å². The van der Waals surface area contributed by atoms with Crippen molar-refractivity contribution >= 4 is 5.97 Å². The predicted molar refractivity (Wildman–Crippen MR) is 60.1 cm³/mol. The zero-order valence-electron chi connectivity index (χ0n) is 9.53. The number of carboxylic acid groups (broad SMARTS) is 1. The zero-order chi connectivity index (χ0) is 12.0. The number of carbonyl (C=O) groups is 1. The second-order valence-electron chi connectivity index (χ2n) is 3.25. The second kappa shape index (κ2) is 6.00. The lowest BCUT2D eigenvalue weighted by atomic mass is 10.1. The minimum absolute atomic E-state index is 0.0268. The third kappa shape index (κ3) is 3.81. The SMILES string of the molecule is CCOc1cc(CC(=O)O)cc(OCC)c1. The Labute approximate surface area is 94.8 Å². The molecule has 0 fully saturated rings. The molecule has 0 radical (unpaired) electrons. The quantitative estimate of drug-likeness (QED) is 0.804. The number of rotatable bonds is 6. The van der Waals surface area contributed by atoms with Crippen molar-refractivity contribution in [3.8, 4) is 11.5 Å². The molecule has 0 heterocycles. The Bertz CT molecular complexity index is 336. The van der Waals surface area contributed by atoms with Gasteiger partial charge in [0.05, 0.1) is 19.6 Å². The average molecular weight is 224 g/mol. The highest BCUT2D eigenvalue weighted by atomic mass is 16.5. The van der Waals surface area contributed by atoms with Crippen LogP contribution in [-0.4, -0.2) is 24.3 Å². The molecule has 1 rings (SSSR count). The van der Waals surface area contributed by atoms with Crippen LogP contribution in [0.3, 0.4) is 0 Å². The molecule has 0 aromatic heterocycles. The first-order valence-corrected chi connectivity index (χ1v) is 5.27. The molecule has 0 unspecified atom stereocenters. The summed E-state index contributed by atoms with van der Waals surface area (Å²) in [5.74, 6) is 0.422. The lowest BCUT2D eigenvalue weighted by Crippen LogP contribution is -2.02. The van der Waals surface area contributed by atoms with Gasteiger partial charge in [0.25, 0.3) is 0 Å². The van der Waals surface area contributed by atoms with Gasteiger partial charge in [-0.1, -0.05) is 0 Å². The van der Waals surface area contributed by atoms with E-state index in [-0.39, 0.29) is 6.42 Å². The first-order valence-electron chi connectivity index (χ1n) is 5.27. The Morgan fingerprint density at radius 1 is 1.12 bits per heavy atom. The van der Waals surface area contributed by atoms with Crippen LogP contribution in [-0.2, 0) is 11.2 Å². The molecule has 0 spiro atoms. The third-order valence-corrected chi connectivity index (χ3v) is 1.92. The van der Waals surface area contributed by atoms with Gasteiger partial charge in [-0.05, 0) is 31.5 Å².